The number of carbonyl (C=O) groups is 1. The van der Waals surface area contributed by atoms with Gasteiger partial charge < -0.3 is 5.32 Å². The minimum absolute atomic E-state index is 0.123. The smallest absolute Gasteiger partial charge is 0.243 e. The van der Waals surface area contributed by atoms with Gasteiger partial charge in [0.15, 0.2) is 0 Å². The highest BCUT2D eigenvalue weighted by atomic mass is 35.5. The van der Waals surface area contributed by atoms with Gasteiger partial charge in [-0.3, -0.25) is 4.79 Å². The molecule has 2 aliphatic rings. The van der Waals surface area contributed by atoms with E-state index in [-0.39, 0.29) is 22.6 Å². The van der Waals surface area contributed by atoms with Crippen LogP contribution in [0.15, 0.2) is 29.2 Å². The monoisotopic (exact) mass is 412 g/mol. The van der Waals surface area contributed by atoms with Crippen LogP contribution < -0.4 is 5.32 Å². The second-order valence-corrected chi connectivity index (χ2v) is 10.1. The highest BCUT2D eigenvalue weighted by Gasteiger charge is 2.33. The zero-order valence-corrected chi connectivity index (χ0v) is 17.3. The largest absolute Gasteiger partial charge is 0.356 e. The summed E-state index contributed by atoms with van der Waals surface area (Å²) in [5.41, 5.74) is 0. The van der Waals surface area contributed by atoms with E-state index < -0.39 is 10.0 Å². The summed E-state index contributed by atoms with van der Waals surface area (Å²) in [4.78, 5) is 12.7. The zero-order chi connectivity index (χ0) is 19.3. The molecule has 0 spiro atoms. The van der Waals surface area contributed by atoms with Crippen LogP contribution in [-0.4, -0.2) is 38.3 Å². The molecule has 1 aliphatic heterocycles. The van der Waals surface area contributed by atoms with Crippen molar-refractivity contribution < 1.29 is 13.2 Å². The van der Waals surface area contributed by atoms with E-state index in [0.29, 0.717) is 24.7 Å². The first-order valence-corrected chi connectivity index (χ1v) is 11.8. The van der Waals surface area contributed by atoms with E-state index in [1.807, 2.05) is 0 Å². The number of carbonyl (C=O) groups excluding carboxylic acids is 1. The first kappa shape index (κ1) is 20.6. The fourth-order valence-corrected chi connectivity index (χ4v) is 5.90. The van der Waals surface area contributed by atoms with Gasteiger partial charge in [-0.2, -0.15) is 4.31 Å². The Morgan fingerprint density at radius 3 is 2.52 bits per heavy atom. The molecule has 1 unspecified atom stereocenters. The van der Waals surface area contributed by atoms with Crippen molar-refractivity contribution in [2.75, 3.05) is 19.6 Å². The third kappa shape index (κ3) is 5.46. The fraction of sp³-hybridized carbons (Fsp3) is 0.650. The van der Waals surface area contributed by atoms with Crippen LogP contribution in [0.2, 0.25) is 5.02 Å². The molecular formula is C20H29ClN2O3S. The highest BCUT2D eigenvalue weighted by molar-refractivity contribution is 7.89. The first-order valence-electron chi connectivity index (χ1n) is 10.0. The molecule has 0 aromatic heterocycles. The molecule has 0 radical (unpaired) electrons. The number of amides is 1. The Bertz CT molecular complexity index is 745. The molecule has 5 nitrogen and oxygen atoms in total. The van der Waals surface area contributed by atoms with Crippen LogP contribution >= 0.6 is 11.6 Å². The van der Waals surface area contributed by atoms with Crippen LogP contribution in [0.1, 0.15) is 51.4 Å². The molecule has 27 heavy (non-hydrogen) atoms. The van der Waals surface area contributed by atoms with Gasteiger partial charge in [-0.15, -0.1) is 0 Å². The number of rotatable bonds is 5. The standard InChI is InChI=1S/C20H29ClN2O3S/c21-18-9-6-10-19(13-18)27(25,26)23-12-11-16(15-23)14-22-20(24)17-7-4-2-1-3-5-8-17/h6,9-10,13,16-17H,1-5,7-8,11-12,14-15H2,(H,22,24). The van der Waals surface area contributed by atoms with Gasteiger partial charge in [-0.1, -0.05) is 49.8 Å². The molecule has 0 bridgehead atoms. The lowest BCUT2D eigenvalue weighted by Crippen LogP contribution is -2.36. The average molecular weight is 413 g/mol. The molecule has 1 atom stereocenters. The normalized spacial score (nSPS) is 22.9. The minimum atomic E-state index is -3.53. The lowest BCUT2D eigenvalue weighted by molar-refractivity contribution is -0.125. The van der Waals surface area contributed by atoms with Gasteiger partial charge in [0.25, 0.3) is 0 Å². The molecule has 1 saturated carbocycles. The van der Waals surface area contributed by atoms with Crippen molar-refractivity contribution in [1.29, 1.82) is 0 Å². The maximum Gasteiger partial charge on any atom is 0.243 e. The number of nitrogens with one attached hydrogen (secondary N) is 1. The zero-order valence-electron chi connectivity index (χ0n) is 15.7. The summed E-state index contributed by atoms with van der Waals surface area (Å²) in [6.45, 7) is 1.48. The number of hydrogen-bond acceptors (Lipinski definition) is 3. The van der Waals surface area contributed by atoms with Gasteiger partial charge >= 0.3 is 0 Å². The Hall–Kier alpha value is -1.11. The van der Waals surface area contributed by atoms with Gasteiger partial charge in [0, 0.05) is 30.6 Å². The Morgan fingerprint density at radius 2 is 1.81 bits per heavy atom. The van der Waals surface area contributed by atoms with Gasteiger partial charge in [0.2, 0.25) is 15.9 Å². The second-order valence-electron chi connectivity index (χ2n) is 7.76. The molecule has 2 fully saturated rings. The van der Waals surface area contributed by atoms with E-state index in [4.69, 9.17) is 11.6 Å². The SMILES string of the molecule is O=C(NCC1CCN(S(=O)(=O)c2cccc(Cl)c2)C1)C1CCCCCCC1. The molecule has 150 valence electrons. The number of hydrogen-bond donors (Lipinski definition) is 1. The minimum Gasteiger partial charge on any atom is -0.356 e. The Balaban J connectivity index is 1.51. The van der Waals surface area contributed by atoms with Crippen molar-refractivity contribution in [2.24, 2.45) is 11.8 Å². The summed E-state index contributed by atoms with van der Waals surface area (Å²) in [5, 5.41) is 3.50. The van der Waals surface area contributed by atoms with Crippen LogP contribution in [0, 0.1) is 11.8 Å². The maximum absolute atomic E-state index is 12.8. The molecule has 1 heterocycles. The van der Waals surface area contributed by atoms with E-state index in [1.165, 1.54) is 29.6 Å². The first-order chi connectivity index (χ1) is 13.0. The number of halogens is 1. The third-order valence-corrected chi connectivity index (χ3v) is 7.82. The van der Waals surface area contributed by atoms with Crippen molar-refractivity contribution in [3.8, 4) is 0 Å². The molecule has 1 amide bonds. The molecule has 1 aromatic carbocycles. The molecule has 1 N–H and O–H groups in total. The van der Waals surface area contributed by atoms with E-state index in [9.17, 15) is 13.2 Å². The third-order valence-electron chi connectivity index (χ3n) is 5.72. The summed E-state index contributed by atoms with van der Waals surface area (Å²) in [6.07, 6.45) is 8.72. The Labute approximate surface area is 167 Å². The topological polar surface area (TPSA) is 66.5 Å². The van der Waals surface area contributed by atoms with Gasteiger partial charge in [-0.05, 0) is 43.4 Å². The summed E-state index contributed by atoms with van der Waals surface area (Å²) >= 11 is 5.94. The maximum atomic E-state index is 12.8. The van der Waals surface area contributed by atoms with Gasteiger partial charge in [-0.25, -0.2) is 8.42 Å². The van der Waals surface area contributed by atoms with Crippen molar-refractivity contribution in [3.63, 3.8) is 0 Å². The average Bonchev–Trinajstić information content (AvgIpc) is 3.09. The van der Waals surface area contributed by atoms with Gasteiger partial charge in [0.05, 0.1) is 4.90 Å². The lowest BCUT2D eigenvalue weighted by atomic mass is 9.90. The van der Waals surface area contributed by atoms with Crippen LogP contribution in [-0.2, 0) is 14.8 Å². The molecule has 1 saturated heterocycles. The van der Waals surface area contributed by atoms with Crippen LogP contribution in [0.25, 0.3) is 0 Å². The van der Waals surface area contributed by atoms with Crippen molar-refractivity contribution in [1.82, 2.24) is 9.62 Å². The highest BCUT2D eigenvalue weighted by Crippen LogP contribution is 2.26. The van der Waals surface area contributed by atoms with Crippen LogP contribution in [0.5, 0.6) is 0 Å². The van der Waals surface area contributed by atoms with Crippen LogP contribution in [0.4, 0.5) is 0 Å². The summed E-state index contributed by atoms with van der Waals surface area (Å²) in [7, 11) is -3.53. The lowest BCUT2D eigenvalue weighted by Gasteiger charge is -2.20. The number of nitrogens with zero attached hydrogens (tertiary/aromatic N) is 1. The molecule has 7 heteroatoms. The molecule has 1 aliphatic carbocycles. The quantitative estimate of drug-likeness (QED) is 0.799. The fourth-order valence-electron chi connectivity index (χ4n) is 4.07. The van der Waals surface area contributed by atoms with Crippen LogP contribution in [0.3, 0.4) is 0 Å². The van der Waals surface area contributed by atoms with Gasteiger partial charge in [0.1, 0.15) is 0 Å². The van der Waals surface area contributed by atoms with Crippen molar-refractivity contribution in [3.05, 3.63) is 29.3 Å². The van der Waals surface area contributed by atoms with E-state index >= 15 is 0 Å². The van der Waals surface area contributed by atoms with E-state index in [2.05, 4.69) is 5.32 Å². The molecule has 3 rings (SSSR count). The summed E-state index contributed by atoms with van der Waals surface area (Å²) in [5.74, 6) is 0.433. The predicted octanol–water partition coefficient (Wildman–Crippen LogP) is 3.83. The Morgan fingerprint density at radius 1 is 1.11 bits per heavy atom. The second kappa shape index (κ2) is 9.39. The van der Waals surface area contributed by atoms with Crippen molar-refractivity contribution >= 4 is 27.5 Å². The number of benzene rings is 1. The van der Waals surface area contributed by atoms with E-state index in [0.717, 1.165) is 32.1 Å². The Kier molecular flexibility index (Phi) is 7.17. The predicted molar refractivity (Wildman–Crippen MR) is 107 cm³/mol. The van der Waals surface area contributed by atoms with Crippen molar-refractivity contribution in [2.45, 2.75) is 56.3 Å². The number of sulfonamides is 1. The molecular weight excluding hydrogens is 384 g/mol. The van der Waals surface area contributed by atoms with E-state index in [1.54, 1.807) is 18.2 Å². The summed E-state index contributed by atoms with van der Waals surface area (Å²) < 4.78 is 27.0. The molecule has 1 aromatic rings. The summed E-state index contributed by atoms with van der Waals surface area (Å²) in [6, 6.07) is 6.38.